The zero-order valence-electron chi connectivity index (χ0n) is 15.6. The van der Waals surface area contributed by atoms with Crippen LogP contribution in [0.3, 0.4) is 0 Å². The molecule has 1 N–H and O–H groups in total. The van der Waals surface area contributed by atoms with E-state index < -0.39 is 11.0 Å². The number of nitrogens with zero attached hydrogens (tertiary/aromatic N) is 1. The Kier molecular flexibility index (Phi) is 6.31. The molecule has 1 saturated carbocycles. The van der Waals surface area contributed by atoms with Crippen LogP contribution < -0.4 is 19.5 Å². The SMILES string of the molecule is COc1ccc(NC(=O)Oc2ccc([N+](=O)[O-])cc2)cc1OCCCC1CC1. The van der Waals surface area contributed by atoms with E-state index in [-0.39, 0.29) is 11.4 Å². The molecule has 0 heterocycles. The molecule has 0 atom stereocenters. The Morgan fingerprint density at radius 1 is 1.18 bits per heavy atom. The van der Waals surface area contributed by atoms with Gasteiger partial charge in [0.1, 0.15) is 5.75 Å². The Morgan fingerprint density at radius 3 is 2.57 bits per heavy atom. The van der Waals surface area contributed by atoms with Crippen molar-refractivity contribution in [3.8, 4) is 17.2 Å². The minimum Gasteiger partial charge on any atom is -0.493 e. The summed E-state index contributed by atoms with van der Waals surface area (Å²) in [5.74, 6) is 2.19. The summed E-state index contributed by atoms with van der Waals surface area (Å²) in [7, 11) is 1.56. The maximum atomic E-state index is 12.1. The van der Waals surface area contributed by atoms with Crippen molar-refractivity contribution in [3.63, 3.8) is 0 Å². The smallest absolute Gasteiger partial charge is 0.417 e. The average molecular weight is 386 g/mol. The Bertz CT molecular complexity index is 833. The molecule has 2 aromatic rings. The number of amides is 1. The minimum atomic E-state index is -0.710. The predicted molar refractivity (Wildman–Crippen MR) is 103 cm³/mol. The van der Waals surface area contributed by atoms with E-state index in [1.54, 1.807) is 25.3 Å². The molecule has 1 amide bonds. The molecule has 28 heavy (non-hydrogen) atoms. The molecule has 0 radical (unpaired) electrons. The summed E-state index contributed by atoms with van der Waals surface area (Å²) in [6.45, 7) is 0.587. The van der Waals surface area contributed by atoms with E-state index in [9.17, 15) is 14.9 Å². The van der Waals surface area contributed by atoms with Gasteiger partial charge in [-0.15, -0.1) is 0 Å². The van der Waals surface area contributed by atoms with Gasteiger partial charge in [0.15, 0.2) is 11.5 Å². The lowest BCUT2D eigenvalue weighted by Gasteiger charge is -2.13. The number of nitrogens with one attached hydrogen (secondary N) is 1. The van der Waals surface area contributed by atoms with E-state index in [1.807, 2.05) is 0 Å². The summed E-state index contributed by atoms with van der Waals surface area (Å²) in [4.78, 5) is 22.2. The lowest BCUT2D eigenvalue weighted by molar-refractivity contribution is -0.384. The van der Waals surface area contributed by atoms with Crippen molar-refractivity contribution in [2.45, 2.75) is 25.7 Å². The zero-order chi connectivity index (χ0) is 19.9. The van der Waals surface area contributed by atoms with Crippen LogP contribution in [0.25, 0.3) is 0 Å². The second-order valence-electron chi connectivity index (χ2n) is 6.57. The molecule has 2 aromatic carbocycles. The third kappa shape index (κ3) is 5.60. The van der Waals surface area contributed by atoms with Crippen molar-refractivity contribution in [1.82, 2.24) is 0 Å². The molecule has 0 aliphatic heterocycles. The molecule has 0 unspecified atom stereocenters. The molecule has 0 bridgehead atoms. The number of non-ortho nitro benzene ring substituents is 1. The van der Waals surface area contributed by atoms with Crippen LogP contribution in [0.5, 0.6) is 17.2 Å². The molecule has 0 aromatic heterocycles. The monoisotopic (exact) mass is 386 g/mol. The van der Waals surface area contributed by atoms with Crippen LogP contribution in [0.2, 0.25) is 0 Å². The Labute approximate surface area is 162 Å². The summed E-state index contributed by atoms with van der Waals surface area (Å²) in [6, 6.07) is 10.3. The predicted octanol–water partition coefficient (Wildman–Crippen LogP) is 4.78. The number of anilines is 1. The van der Waals surface area contributed by atoms with E-state index in [0.717, 1.165) is 12.3 Å². The van der Waals surface area contributed by atoms with Gasteiger partial charge in [-0.2, -0.15) is 0 Å². The maximum Gasteiger partial charge on any atom is 0.417 e. The quantitative estimate of drug-likeness (QED) is 0.378. The minimum absolute atomic E-state index is 0.0774. The van der Waals surface area contributed by atoms with Gasteiger partial charge in [0.2, 0.25) is 0 Å². The highest BCUT2D eigenvalue weighted by atomic mass is 16.6. The molecule has 1 aliphatic carbocycles. The van der Waals surface area contributed by atoms with Crippen LogP contribution in [0, 0.1) is 16.0 Å². The fourth-order valence-electron chi connectivity index (χ4n) is 2.71. The van der Waals surface area contributed by atoms with Crippen molar-refractivity contribution in [2.75, 3.05) is 19.0 Å². The number of ether oxygens (including phenoxy) is 3. The molecule has 148 valence electrons. The van der Waals surface area contributed by atoms with Gasteiger partial charge in [-0.1, -0.05) is 12.8 Å². The first-order chi connectivity index (χ1) is 13.5. The normalized spacial score (nSPS) is 12.9. The summed E-state index contributed by atoms with van der Waals surface area (Å²) >= 11 is 0. The molecule has 1 fully saturated rings. The first-order valence-electron chi connectivity index (χ1n) is 9.09. The van der Waals surface area contributed by atoms with Crippen LogP contribution in [-0.4, -0.2) is 24.7 Å². The van der Waals surface area contributed by atoms with Gasteiger partial charge in [-0.3, -0.25) is 15.4 Å². The van der Waals surface area contributed by atoms with Gasteiger partial charge >= 0.3 is 6.09 Å². The molecule has 8 nitrogen and oxygen atoms in total. The lowest BCUT2D eigenvalue weighted by atomic mass is 10.2. The van der Waals surface area contributed by atoms with Crippen molar-refractivity contribution >= 4 is 17.5 Å². The van der Waals surface area contributed by atoms with E-state index in [2.05, 4.69) is 5.32 Å². The van der Waals surface area contributed by atoms with E-state index in [0.29, 0.717) is 23.8 Å². The summed E-state index contributed by atoms with van der Waals surface area (Å²) in [5, 5.41) is 13.3. The highest BCUT2D eigenvalue weighted by Gasteiger charge is 2.20. The number of nitro benzene ring substituents is 1. The first kappa shape index (κ1) is 19.5. The Hall–Kier alpha value is -3.29. The molecular formula is C20H22N2O6. The van der Waals surface area contributed by atoms with Crippen LogP contribution in [0.1, 0.15) is 25.7 Å². The number of hydrogen-bond acceptors (Lipinski definition) is 6. The van der Waals surface area contributed by atoms with Gasteiger partial charge in [0.25, 0.3) is 5.69 Å². The third-order valence-corrected chi connectivity index (χ3v) is 4.38. The number of carbonyl (C=O) groups is 1. The van der Waals surface area contributed by atoms with Crippen LogP contribution >= 0.6 is 0 Å². The molecular weight excluding hydrogens is 364 g/mol. The van der Waals surface area contributed by atoms with Gasteiger partial charge < -0.3 is 14.2 Å². The van der Waals surface area contributed by atoms with Crippen LogP contribution in [0.4, 0.5) is 16.2 Å². The van der Waals surface area contributed by atoms with Crippen LogP contribution in [-0.2, 0) is 0 Å². The van der Waals surface area contributed by atoms with Gasteiger partial charge in [0.05, 0.1) is 18.6 Å². The van der Waals surface area contributed by atoms with E-state index >= 15 is 0 Å². The van der Waals surface area contributed by atoms with E-state index in [1.165, 1.54) is 43.5 Å². The van der Waals surface area contributed by atoms with Crippen molar-refractivity contribution in [2.24, 2.45) is 5.92 Å². The highest BCUT2D eigenvalue weighted by Crippen LogP contribution is 2.34. The van der Waals surface area contributed by atoms with Crippen molar-refractivity contribution in [1.29, 1.82) is 0 Å². The number of carbonyl (C=O) groups excluding carboxylic acids is 1. The maximum absolute atomic E-state index is 12.1. The van der Waals surface area contributed by atoms with Crippen molar-refractivity contribution < 1.29 is 23.9 Å². The van der Waals surface area contributed by atoms with E-state index in [4.69, 9.17) is 14.2 Å². The number of methoxy groups -OCH3 is 1. The topological polar surface area (TPSA) is 99.9 Å². The summed E-state index contributed by atoms with van der Waals surface area (Å²) in [6.07, 6.45) is 4.08. The summed E-state index contributed by atoms with van der Waals surface area (Å²) < 4.78 is 16.2. The molecule has 0 saturated heterocycles. The number of nitro groups is 1. The zero-order valence-corrected chi connectivity index (χ0v) is 15.6. The molecule has 1 aliphatic rings. The van der Waals surface area contributed by atoms with Crippen molar-refractivity contribution in [3.05, 3.63) is 52.6 Å². The molecule has 8 heteroatoms. The van der Waals surface area contributed by atoms with Crippen LogP contribution in [0.15, 0.2) is 42.5 Å². The van der Waals surface area contributed by atoms with Gasteiger partial charge in [0, 0.05) is 23.9 Å². The lowest BCUT2D eigenvalue weighted by Crippen LogP contribution is -2.16. The molecule has 0 spiro atoms. The second kappa shape index (κ2) is 9.07. The second-order valence-corrected chi connectivity index (χ2v) is 6.57. The number of benzene rings is 2. The largest absolute Gasteiger partial charge is 0.493 e. The Morgan fingerprint density at radius 2 is 1.93 bits per heavy atom. The first-order valence-corrected chi connectivity index (χ1v) is 9.09. The fourth-order valence-corrected chi connectivity index (χ4v) is 2.71. The third-order valence-electron chi connectivity index (χ3n) is 4.38. The molecule has 3 rings (SSSR count). The average Bonchev–Trinajstić information content (AvgIpc) is 3.50. The standard InChI is InChI=1S/C20H22N2O6/c1-26-18-11-6-15(13-19(18)27-12-2-3-14-4-5-14)21-20(23)28-17-9-7-16(8-10-17)22(24)25/h6-11,13-14H,2-5,12H2,1H3,(H,21,23). The summed E-state index contributed by atoms with van der Waals surface area (Å²) in [5.41, 5.74) is 0.413. The highest BCUT2D eigenvalue weighted by molar-refractivity contribution is 5.86. The fraction of sp³-hybridized carbons (Fsp3) is 0.350. The van der Waals surface area contributed by atoms with Gasteiger partial charge in [-0.25, -0.2) is 4.79 Å². The number of hydrogen-bond donors (Lipinski definition) is 1. The number of rotatable bonds is 9. The Balaban J connectivity index is 1.56. The van der Waals surface area contributed by atoms with Gasteiger partial charge in [-0.05, 0) is 43.0 Å².